The van der Waals surface area contributed by atoms with Gasteiger partial charge in [-0.25, -0.2) is 8.78 Å². The number of nitrogens with zero attached hydrogens (tertiary/aromatic N) is 1. The van der Waals surface area contributed by atoms with E-state index in [1.54, 1.807) is 4.90 Å². The first-order chi connectivity index (χ1) is 11.1. The molecule has 0 radical (unpaired) electrons. The number of benzene rings is 2. The van der Waals surface area contributed by atoms with E-state index in [1.165, 1.54) is 12.1 Å². The molecule has 2 aromatic rings. The fourth-order valence-corrected chi connectivity index (χ4v) is 2.87. The van der Waals surface area contributed by atoms with Crippen molar-refractivity contribution in [1.29, 1.82) is 0 Å². The molecule has 2 aromatic carbocycles. The van der Waals surface area contributed by atoms with Gasteiger partial charge in [-0.3, -0.25) is 4.79 Å². The highest BCUT2D eigenvalue weighted by molar-refractivity contribution is 5.87. The van der Waals surface area contributed by atoms with E-state index in [1.807, 2.05) is 24.3 Å². The summed E-state index contributed by atoms with van der Waals surface area (Å²) in [7, 11) is 0. The molecule has 0 spiro atoms. The van der Waals surface area contributed by atoms with Gasteiger partial charge in [0.25, 0.3) is 0 Å². The van der Waals surface area contributed by atoms with Crippen LogP contribution in [0.5, 0.6) is 0 Å². The van der Waals surface area contributed by atoms with E-state index >= 15 is 0 Å². The van der Waals surface area contributed by atoms with Gasteiger partial charge in [0, 0.05) is 18.3 Å². The first-order valence-corrected chi connectivity index (χ1v) is 7.32. The number of fused-ring (bicyclic) bond motifs is 1. The zero-order valence-electron chi connectivity index (χ0n) is 12.4. The predicted molar refractivity (Wildman–Crippen MR) is 85.6 cm³/mol. The number of carbonyl (C=O) groups excluding carboxylic acids is 1. The smallest absolute Gasteiger partial charge is 0.243 e. The first-order valence-electron chi connectivity index (χ1n) is 7.32. The van der Waals surface area contributed by atoms with Crippen LogP contribution in [0.4, 0.5) is 20.2 Å². The number of nitrogens with one attached hydrogen (secondary N) is 1. The van der Waals surface area contributed by atoms with Crippen LogP contribution in [0.3, 0.4) is 0 Å². The van der Waals surface area contributed by atoms with Gasteiger partial charge in [0.15, 0.2) is 0 Å². The number of hydrogen-bond donors (Lipinski definition) is 1. The molecule has 0 fully saturated rings. The maximum atomic E-state index is 14.2. The van der Waals surface area contributed by atoms with Crippen molar-refractivity contribution in [3.63, 3.8) is 0 Å². The predicted octanol–water partition coefficient (Wildman–Crippen LogP) is 3.33. The lowest BCUT2D eigenvalue weighted by Gasteiger charge is -2.36. The van der Waals surface area contributed by atoms with Gasteiger partial charge in [0.05, 0.1) is 11.7 Å². The van der Waals surface area contributed by atoms with Crippen molar-refractivity contribution < 1.29 is 13.6 Å². The van der Waals surface area contributed by atoms with E-state index in [-0.39, 0.29) is 17.6 Å². The maximum Gasteiger partial charge on any atom is 0.243 e. The third kappa shape index (κ3) is 3.08. The molecule has 1 amide bonds. The molecule has 1 aliphatic rings. The summed E-state index contributed by atoms with van der Waals surface area (Å²) in [6.07, 6.45) is 1.83. The Morgan fingerprint density at radius 1 is 1.22 bits per heavy atom. The molecule has 1 N–H and O–H groups in total. The van der Waals surface area contributed by atoms with Crippen LogP contribution in [-0.4, -0.2) is 18.5 Å². The zero-order valence-corrected chi connectivity index (χ0v) is 12.4. The summed E-state index contributed by atoms with van der Waals surface area (Å²) in [6, 6.07) is 10.7. The van der Waals surface area contributed by atoms with Crippen LogP contribution < -0.4 is 10.2 Å². The van der Waals surface area contributed by atoms with Crippen LogP contribution in [0.2, 0.25) is 0 Å². The first kappa shape index (κ1) is 15.2. The number of para-hydroxylation sites is 1. The Balaban J connectivity index is 2.02. The molecule has 0 saturated carbocycles. The summed E-state index contributed by atoms with van der Waals surface area (Å²) in [5, 5.41) is 2.83. The lowest BCUT2D eigenvalue weighted by atomic mass is 9.97. The van der Waals surface area contributed by atoms with Crippen LogP contribution in [0.1, 0.15) is 5.56 Å². The molecule has 23 heavy (non-hydrogen) atoms. The van der Waals surface area contributed by atoms with Crippen LogP contribution in [0, 0.1) is 11.6 Å². The molecule has 0 saturated heterocycles. The van der Waals surface area contributed by atoms with Crippen LogP contribution >= 0.6 is 0 Å². The highest BCUT2D eigenvalue weighted by Gasteiger charge is 2.27. The molecule has 1 aliphatic heterocycles. The van der Waals surface area contributed by atoms with Gasteiger partial charge in [-0.1, -0.05) is 24.8 Å². The molecule has 0 bridgehead atoms. The Bertz CT molecular complexity index is 760. The fourth-order valence-electron chi connectivity index (χ4n) is 2.87. The van der Waals surface area contributed by atoms with Crippen molar-refractivity contribution in [3.05, 3.63) is 72.3 Å². The number of amides is 1. The highest BCUT2D eigenvalue weighted by atomic mass is 19.1. The van der Waals surface area contributed by atoms with Crippen molar-refractivity contribution in [2.24, 2.45) is 0 Å². The Morgan fingerprint density at radius 3 is 2.78 bits per heavy atom. The summed E-state index contributed by atoms with van der Waals surface area (Å²) >= 11 is 0. The van der Waals surface area contributed by atoms with E-state index in [4.69, 9.17) is 0 Å². The minimum absolute atomic E-state index is 0.162. The van der Waals surface area contributed by atoms with Crippen LogP contribution in [-0.2, 0) is 11.2 Å². The highest BCUT2D eigenvalue weighted by Crippen LogP contribution is 2.35. The van der Waals surface area contributed by atoms with E-state index in [0.717, 1.165) is 23.4 Å². The third-order valence-electron chi connectivity index (χ3n) is 3.88. The van der Waals surface area contributed by atoms with Crippen molar-refractivity contribution in [2.75, 3.05) is 11.4 Å². The summed E-state index contributed by atoms with van der Waals surface area (Å²) in [6.45, 7) is 3.80. The average Bonchev–Trinajstić information content (AvgIpc) is 2.56. The molecule has 0 aliphatic carbocycles. The average molecular weight is 314 g/mol. The lowest BCUT2D eigenvalue weighted by molar-refractivity contribution is -0.117. The molecule has 1 unspecified atom stereocenters. The third-order valence-corrected chi connectivity index (χ3v) is 3.88. The van der Waals surface area contributed by atoms with Gasteiger partial charge in [0.2, 0.25) is 5.91 Å². The van der Waals surface area contributed by atoms with E-state index in [9.17, 15) is 13.6 Å². The van der Waals surface area contributed by atoms with Gasteiger partial charge >= 0.3 is 0 Å². The largest absolute Gasteiger partial charge is 0.348 e. The zero-order chi connectivity index (χ0) is 16.4. The Kier molecular flexibility index (Phi) is 4.10. The van der Waals surface area contributed by atoms with Gasteiger partial charge in [-0.2, -0.15) is 0 Å². The van der Waals surface area contributed by atoms with Gasteiger partial charge in [-0.15, -0.1) is 0 Å². The summed E-state index contributed by atoms with van der Waals surface area (Å²) in [4.78, 5) is 13.3. The molecular formula is C18H16F2N2O. The van der Waals surface area contributed by atoms with Gasteiger partial charge in [0.1, 0.15) is 11.6 Å². The second-order valence-corrected chi connectivity index (χ2v) is 5.45. The number of halogens is 2. The van der Waals surface area contributed by atoms with Gasteiger partial charge in [-0.05, 0) is 36.3 Å². The minimum Gasteiger partial charge on any atom is -0.348 e. The topological polar surface area (TPSA) is 32.3 Å². The van der Waals surface area contributed by atoms with Crippen molar-refractivity contribution >= 4 is 17.3 Å². The summed E-state index contributed by atoms with van der Waals surface area (Å²) < 4.78 is 27.8. The SMILES string of the molecule is C=CC(=O)NC1Cc2ccccc2N(c2cc(F)ccc2F)C1. The van der Waals surface area contributed by atoms with E-state index < -0.39 is 11.6 Å². The molecule has 118 valence electrons. The summed E-state index contributed by atoms with van der Waals surface area (Å²) in [5.74, 6) is -1.29. The fraction of sp³-hybridized carbons (Fsp3) is 0.167. The molecule has 3 nitrogen and oxygen atoms in total. The lowest BCUT2D eigenvalue weighted by Crippen LogP contribution is -2.46. The number of rotatable bonds is 3. The molecule has 3 rings (SSSR count). The monoisotopic (exact) mass is 314 g/mol. The molecule has 1 heterocycles. The molecule has 5 heteroatoms. The Morgan fingerprint density at radius 2 is 2.00 bits per heavy atom. The number of carbonyl (C=O) groups is 1. The minimum atomic E-state index is -0.504. The van der Waals surface area contributed by atoms with Crippen molar-refractivity contribution in [2.45, 2.75) is 12.5 Å². The summed E-state index contributed by atoms with van der Waals surface area (Å²) in [5.41, 5.74) is 1.95. The maximum absolute atomic E-state index is 14.2. The molecular weight excluding hydrogens is 298 g/mol. The quantitative estimate of drug-likeness (QED) is 0.881. The Labute approximate surface area is 133 Å². The van der Waals surface area contributed by atoms with Crippen molar-refractivity contribution in [1.82, 2.24) is 5.32 Å². The van der Waals surface area contributed by atoms with E-state index in [0.29, 0.717) is 13.0 Å². The van der Waals surface area contributed by atoms with Crippen LogP contribution in [0.25, 0.3) is 0 Å². The second kappa shape index (κ2) is 6.20. The molecule has 1 atom stereocenters. The van der Waals surface area contributed by atoms with Crippen molar-refractivity contribution in [3.8, 4) is 0 Å². The normalized spacial score (nSPS) is 16.6. The standard InChI is InChI=1S/C18H16F2N2O/c1-2-18(23)21-14-9-12-5-3-4-6-16(12)22(11-14)17-10-13(19)7-8-15(17)20/h2-8,10,14H,1,9,11H2,(H,21,23). The van der Waals surface area contributed by atoms with E-state index in [2.05, 4.69) is 11.9 Å². The Hall–Kier alpha value is -2.69. The van der Waals surface area contributed by atoms with Gasteiger partial charge < -0.3 is 10.2 Å². The van der Waals surface area contributed by atoms with Crippen LogP contribution in [0.15, 0.2) is 55.1 Å². The number of anilines is 2. The number of hydrogen-bond acceptors (Lipinski definition) is 2. The molecule has 0 aromatic heterocycles. The second-order valence-electron chi connectivity index (χ2n) is 5.45.